The molecule has 15 nitrogen and oxygen atoms in total. The SMILES string of the molecule is O=C(O)CN1CCN(CC(=O)O)CCN(CC(=O)O)C(Cc2ccc(NOO)cc2)CN(CC(=O)O)CC1. The molecule has 1 heterocycles. The van der Waals surface area contributed by atoms with Crippen LogP contribution >= 0.6 is 0 Å². The summed E-state index contributed by atoms with van der Waals surface area (Å²) in [4.78, 5) is 56.7. The molecule has 38 heavy (non-hydrogen) atoms. The fourth-order valence-electron chi connectivity index (χ4n) is 4.39. The average molecular weight is 542 g/mol. The molecule has 0 spiro atoms. The van der Waals surface area contributed by atoms with Crippen LogP contribution in [0.4, 0.5) is 5.69 Å². The van der Waals surface area contributed by atoms with Crippen LogP contribution in [0.25, 0.3) is 0 Å². The van der Waals surface area contributed by atoms with Gasteiger partial charge >= 0.3 is 23.9 Å². The van der Waals surface area contributed by atoms with Crippen LogP contribution in [-0.2, 0) is 30.6 Å². The molecule has 1 aliphatic rings. The van der Waals surface area contributed by atoms with E-state index >= 15 is 0 Å². The Bertz CT molecular complexity index is 932. The van der Waals surface area contributed by atoms with Gasteiger partial charge in [0.1, 0.15) is 0 Å². The molecule has 1 aromatic rings. The normalized spacial score (nSPS) is 19.2. The van der Waals surface area contributed by atoms with Crippen LogP contribution in [0.1, 0.15) is 5.56 Å². The Morgan fingerprint density at radius 3 is 1.63 bits per heavy atom. The summed E-state index contributed by atoms with van der Waals surface area (Å²) < 4.78 is 0. The molecule has 15 heteroatoms. The highest BCUT2D eigenvalue weighted by atomic mass is 17.2. The third kappa shape index (κ3) is 11.8. The maximum atomic E-state index is 11.8. The van der Waals surface area contributed by atoms with Crippen LogP contribution in [0.15, 0.2) is 24.3 Å². The van der Waals surface area contributed by atoms with Gasteiger partial charge in [0.25, 0.3) is 0 Å². The summed E-state index contributed by atoms with van der Waals surface area (Å²) in [5.41, 5.74) is 3.57. The van der Waals surface area contributed by atoms with E-state index in [1.165, 1.54) is 0 Å². The molecule has 1 atom stereocenters. The van der Waals surface area contributed by atoms with Gasteiger partial charge in [-0.25, -0.2) is 10.7 Å². The third-order valence-corrected chi connectivity index (χ3v) is 6.16. The zero-order valence-corrected chi connectivity index (χ0v) is 20.9. The second-order valence-electron chi connectivity index (χ2n) is 9.08. The molecule has 1 aliphatic heterocycles. The maximum Gasteiger partial charge on any atom is 0.317 e. The fraction of sp³-hybridized carbons (Fsp3) is 0.565. The molecule has 1 aromatic carbocycles. The lowest BCUT2D eigenvalue weighted by Gasteiger charge is -2.37. The van der Waals surface area contributed by atoms with E-state index in [1.54, 1.807) is 43.9 Å². The molecule has 0 aromatic heterocycles. The number of carboxylic acids is 4. The molecule has 212 valence electrons. The van der Waals surface area contributed by atoms with Crippen molar-refractivity contribution in [3.8, 4) is 0 Å². The Kier molecular flexibility index (Phi) is 12.8. The van der Waals surface area contributed by atoms with E-state index in [-0.39, 0.29) is 72.0 Å². The van der Waals surface area contributed by atoms with Crippen molar-refractivity contribution >= 4 is 29.6 Å². The van der Waals surface area contributed by atoms with Gasteiger partial charge in [-0.3, -0.25) is 38.8 Å². The number of benzene rings is 1. The van der Waals surface area contributed by atoms with Crippen LogP contribution in [0.3, 0.4) is 0 Å². The van der Waals surface area contributed by atoms with E-state index in [4.69, 9.17) is 5.26 Å². The van der Waals surface area contributed by atoms with Crippen molar-refractivity contribution in [1.82, 2.24) is 19.6 Å². The van der Waals surface area contributed by atoms with Gasteiger partial charge in [-0.05, 0) is 24.1 Å². The molecular formula is C23H35N5O10. The van der Waals surface area contributed by atoms with Crippen molar-refractivity contribution in [3.05, 3.63) is 29.8 Å². The van der Waals surface area contributed by atoms with E-state index in [0.29, 0.717) is 12.1 Å². The summed E-state index contributed by atoms with van der Waals surface area (Å²) in [5, 5.41) is 46.3. The van der Waals surface area contributed by atoms with E-state index in [1.807, 2.05) is 0 Å². The van der Waals surface area contributed by atoms with E-state index in [2.05, 4.69) is 10.5 Å². The van der Waals surface area contributed by atoms with Crippen molar-refractivity contribution in [1.29, 1.82) is 0 Å². The van der Waals surface area contributed by atoms with Crippen LogP contribution in [0.2, 0.25) is 0 Å². The number of hydrogen-bond donors (Lipinski definition) is 6. The summed E-state index contributed by atoms with van der Waals surface area (Å²) >= 11 is 0. The van der Waals surface area contributed by atoms with Crippen molar-refractivity contribution in [2.24, 2.45) is 0 Å². The standard InChI is InChI=1S/C23H35N5O10/c29-20(30)13-25-5-6-26(14-21(31)32)9-10-28(16-23(35)36)19(12-27(8-7-25)15-22(33)34)11-17-1-3-18(4-2-17)24-38-37/h1-4,19,24,37H,5-16H2,(H,29,30)(H,31,32)(H,33,34)(H,35,36). The number of carboxylic acid groups (broad SMARTS) is 4. The van der Waals surface area contributed by atoms with Crippen molar-refractivity contribution in [3.63, 3.8) is 0 Å². The lowest BCUT2D eigenvalue weighted by molar-refractivity contribution is -0.215. The van der Waals surface area contributed by atoms with Gasteiger partial charge in [0.2, 0.25) is 0 Å². The molecule has 1 fully saturated rings. The van der Waals surface area contributed by atoms with Crippen LogP contribution in [0.5, 0.6) is 0 Å². The van der Waals surface area contributed by atoms with Gasteiger partial charge in [0.15, 0.2) is 0 Å². The molecular weight excluding hydrogens is 506 g/mol. The summed E-state index contributed by atoms with van der Waals surface area (Å²) in [6.07, 6.45) is 0.349. The first-order valence-electron chi connectivity index (χ1n) is 12.0. The molecule has 0 aliphatic carbocycles. The smallest absolute Gasteiger partial charge is 0.317 e. The maximum absolute atomic E-state index is 11.8. The lowest BCUT2D eigenvalue weighted by atomic mass is 10.0. The van der Waals surface area contributed by atoms with Crippen LogP contribution < -0.4 is 5.48 Å². The minimum Gasteiger partial charge on any atom is -0.480 e. The van der Waals surface area contributed by atoms with Crippen LogP contribution in [0, 0.1) is 0 Å². The summed E-state index contributed by atoms with van der Waals surface area (Å²) in [6, 6.07) is 6.34. The van der Waals surface area contributed by atoms with Gasteiger partial charge in [0.05, 0.1) is 31.9 Å². The van der Waals surface area contributed by atoms with E-state index in [9.17, 15) is 39.6 Å². The average Bonchev–Trinajstić information content (AvgIpc) is 2.82. The first-order valence-corrected chi connectivity index (χ1v) is 12.0. The van der Waals surface area contributed by atoms with Gasteiger partial charge < -0.3 is 20.4 Å². The molecule has 6 N–H and O–H groups in total. The quantitative estimate of drug-likeness (QED) is 0.138. The first kappa shape index (κ1) is 30.9. The molecule has 0 radical (unpaired) electrons. The van der Waals surface area contributed by atoms with Crippen LogP contribution in [-0.4, -0.2) is 147 Å². The van der Waals surface area contributed by atoms with Gasteiger partial charge in [0, 0.05) is 51.9 Å². The molecule has 0 amide bonds. The number of hydrogen-bond acceptors (Lipinski definition) is 11. The highest BCUT2D eigenvalue weighted by Gasteiger charge is 2.27. The Labute approximate surface area is 219 Å². The number of carbonyl (C=O) groups is 4. The van der Waals surface area contributed by atoms with Crippen molar-refractivity contribution in [2.75, 3.05) is 77.5 Å². The summed E-state index contributed by atoms with van der Waals surface area (Å²) in [5.74, 6) is -4.26. The number of aliphatic carboxylic acids is 4. The number of nitrogens with zero attached hydrogens (tertiary/aromatic N) is 4. The zero-order valence-electron chi connectivity index (χ0n) is 20.9. The Balaban J connectivity index is 2.38. The third-order valence-electron chi connectivity index (χ3n) is 6.16. The van der Waals surface area contributed by atoms with Crippen molar-refractivity contribution < 1.29 is 49.8 Å². The van der Waals surface area contributed by atoms with Gasteiger partial charge in [-0.1, -0.05) is 12.1 Å². The molecule has 0 bridgehead atoms. The largest absolute Gasteiger partial charge is 0.480 e. The highest BCUT2D eigenvalue weighted by molar-refractivity contribution is 5.70. The predicted molar refractivity (Wildman–Crippen MR) is 133 cm³/mol. The first-order chi connectivity index (χ1) is 18.0. The number of rotatable bonds is 12. The number of anilines is 1. The van der Waals surface area contributed by atoms with E-state index in [0.717, 1.165) is 5.56 Å². The number of nitrogens with one attached hydrogen (secondary N) is 1. The summed E-state index contributed by atoms with van der Waals surface area (Å²) in [7, 11) is 0. The monoisotopic (exact) mass is 541 g/mol. The summed E-state index contributed by atoms with van der Waals surface area (Å²) in [6.45, 7) is 0.295. The second kappa shape index (κ2) is 15.8. The predicted octanol–water partition coefficient (Wildman–Crippen LogP) is -1.03. The van der Waals surface area contributed by atoms with Gasteiger partial charge in [-0.2, -0.15) is 0 Å². The topological polar surface area (TPSA) is 204 Å². The Hall–Kier alpha value is -3.34. The van der Waals surface area contributed by atoms with Gasteiger partial charge in [-0.15, -0.1) is 4.99 Å². The van der Waals surface area contributed by atoms with E-state index < -0.39 is 29.9 Å². The van der Waals surface area contributed by atoms with Crippen molar-refractivity contribution in [2.45, 2.75) is 12.5 Å². The molecule has 0 saturated carbocycles. The second-order valence-corrected chi connectivity index (χ2v) is 9.08. The Morgan fingerprint density at radius 2 is 1.16 bits per heavy atom. The molecule has 1 unspecified atom stereocenters. The lowest BCUT2D eigenvalue weighted by Crippen LogP contribution is -2.53. The molecule has 1 saturated heterocycles. The Morgan fingerprint density at radius 1 is 0.711 bits per heavy atom. The highest BCUT2D eigenvalue weighted by Crippen LogP contribution is 2.16. The minimum atomic E-state index is -1.08. The fourth-order valence-corrected chi connectivity index (χ4v) is 4.39. The minimum absolute atomic E-state index is 0.180. The zero-order chi connectivity index (χ0) is 28.1. The molecule has 2 rings (SSSR count).